The fourth-order valence-electron chi connectivity index (χ4n) is 6.55. The van der Waals surface area contributed by atoms with E-state index < -0.39 is 18.2 Å². The first-order valence-electron chi connectivity index (χ1n) is 18.0. The number of nitrogens with zero attached hydrogens (tertiary/aromatic N) is 1. The number of cyclic esters (lactones) is 1. The van der Waals surface area contributed by atoms with Gasteiger partial charge in [-0.25, -0.2) is 14.6 Å². The Morgan fingerprint density at radius 3 is 2.60 bits per heavy atom. The molecular weight excluding hydrogens is 707 g/mol. The van der Waals surface area contributed by atoms with Gasteiger partial charge in [0.1, 0.15) is 30.8 Å². The van der Waals surface area contributed by atoms with Gasteiger partial charge in [0.25, 0.3) is 0 Å². The number of allylic oxidation sites excluding steroid dienone is 5. The smallest absolute Gasteiger partial charge is 0.479 e. The van der Waals surface area contributed by atoms with Crippen molar-refractivity contribution in [2.24, 2.45) is 23.7 Å². The Labute approximate surface area is 316 Å². The van der Waals surface area contributed by atoms with Crippen molar-refractivity contribution >= 4 is 45.8 Å². The highest BCUT2D eigenvalue weighted by Crippen LogP contribution is 2.36. The molecule has 52 heavy (non-hydrogen) atoms. The first-order valence-corrected chi connectivity index (χ1v) is 20.7. The number of carboxylic acid groups (broad SMARTS) is 1. The number of oxazole rings is 1. The second-order valence-corrected chi connectivity index (χ2v) is 16.6. The average Bonchev–Trinajstić information content (AvgIpc) is 3.75. The Bertz CT molecular complexity index is 1420. The first kappa shape index (κ1) is 43.4. The number of ether oxygens (including phenoxy) is 5. The van der Waals surface area contributed by atoms with Crippen LogP contribution in [0, 0.1) is 30.6 Å². The standard InChI is InChI=1S/C39H57NO10S2/c1-24(19-31-23-47-29(6)40-31)11-9-14-27(4)36(45-7)28(5)15-16-32(50-39(44)46-17-18-52-51-8)25(2)12-10-13-26(3)33-20-30(22-35(41)48-33)21-34-37(49-34)38(42)43/h9-11,13-14,19,23,25-26,28,30,32-34,36-37H,12,15-18,20-22H2,1-8H3,(H,42,43)/b11-9+,13-10+,24-19+,27-14+/t25?,26-,28+,30+,32+,33-,34+,36+,37-/m1/s1. The summed E-state index contributed by atoms with van der Waals surface area (Å²) in [4.78, 5) is 40.6. The van der Waals surface area contributed by atoms with Crippen LogP contribution in [0.2, 0.25) is 0 Å². The number of carboxylic acids is 1. The van der Waals surface area contributed by atoms with Gasteiger partial charge >= 0.3 is 18.1 Å². The molecule has 0 radical (unpaired) electrons. The molecule has 2 fully saturated rings. The fraction of sp³-hybridized carbons (Fsp3) is 0.641. The van der Waals surface area contributed by atoms with E-state index in [-0.39, 0.29) is 67.1 Å². The van der Waals surface area contributed by atoms with Crippen LogP contribution in [0.3, 0.4) is 0 Å². The van der Waals surface area contributed by atoms with Gasteiger partial charge in [0.2, 0.25) is 0 Å². The molecule has 2 saturated heterocycles. The largest absolute Gasteiger partial charge is 0.508 e. The van der Waals surface area contributed by atoms with E-state index in [1.165, 1.54) is 0 Å². The van der Waals surface area contributed by atoms with Gasteiger partial charge in [-0.15, -0.1) is 0 Å². The summed E-state index contributed by atoms with van der Waals surface area (Å²) in [6.07, 6.45) is 16.7. The number of epoxide rings is 1. The van der Waals surface area contributed by atoms with Crippen LogP contribution in [0.1, 0.15) is 84.7 Å². The summed E-state index contributed by atoms with van der Waals surface area (Å²) >= 11 is 0. The van der Waals surface area contributed by atoms with Gasteiger partial charge in [0.15, 0.2) is 12.0 Å². The molecule has 11 nitrogen and oxygen atoms in total. The molecule has 0 saturated carbocycles. The van der Waals surface area contributed by atoms with Crippen LogP contribution in [-0.4, -0.2) is 84.4 Å². The van der Waals surface area contributed by atoms with E-state index in [0.717, 1.165) is 23.3 Å². The molecule has 0 spiro atoms. The van der Waals surface area contributed by atoms with Crippen molar-refractivity contribution in [3.8, 4) is 0 Å². The highest BCUT2D eigenvalue weighted by Gasteiger charge is 2.47. The highest BCUT2D eigenvalue weighted by atomic mass is 33.1. The van der Waals surface area contributed by atoms with Crippen molar-refractivity contribution in [2.75, 3.05) is 25.7 Å². The molecule has 0 aliphatic carbocycles. The lowest BCUT2D eigenvalue weighted by Crippen LogP contribution is -2.34. The highest BCUT2D eigenvalue weighted by molar-refractivity contribution is 8.76. The zero-order valence-corrected chi connectivity index (χ0v) is 33.4. The van der Waals surface area contributed by atoms with E-state index >= 15 is 0 Å². The van der Waals surface area contributed by atoms with Crippen molar-refractivity contribution in [2.45, 2.75) is 111 Å². The monoisotopic (exact) mass is 763 g/mol. The summed E-state index contributed by atoms with van der Waals surface area (Å²) in [6.45, 7) is 12.4. The maximum Gasteiger partial charge on any atom is 0.508 e. The minimum Gasteiger partial charge on any atom is -0.479 e. The predicted octanol–water partition coefficient (Wildman–Crippen LogP) is 8.64. The lowest BCUT2D eigenvalue weighted by atomic mass is 9.85. The molecule has 1 N–H and O–H groups in total. The number of rotatable bonds is 22. The molecule has 0 amide bonds. The summed E-state index contributed by atoms with van der Waals surface area (Å²) in [5.41, 5.74) is 2.91. The molecule has 3 rings (SSSR count). The average molecular weight is 764 g/mol. The number of aryl methyl sites for hydroxylation is 1. The Kier molecular flexibility index (Phi) is 18.6. The van der Waals surface area contributed by atoms with Crippen LogP contribution < -0.4 is 0 Å². The van der Waals surface area contributed by atoms with E-state index in [2.05, 4.69) is 44.0 Å². The van der Waals surface area contributed by atoms with Gasteiger partial charge in [0.05, 0.1) is 12.2 Å². The molecule has 290 valence electrons. The molecule has 1 aromatic rings. The zero-order valence-electron chi connectivity index (χ0n) is 31.8. The van der Waals surface area contributed by atoms with Crippen molar-refractivity contribution in [1.29, 1.82) is 0 Å². The number of carbonyl (C=O) groups is 3. The van der Waals surface area contributed by atoms with Gasteiger partial charge < -0.3 is 33.2 Å². The van der Waals surface area contributed by atoms with Crippen molar-refractivity contribution in [1.82, 2.24) is 4.98 Å². The molecule has 0 bridgehead atoms. The molecule has 9 atom stereocenters. The van der Waals surface area contributed by atoms with Gasteiger partial charge in [-0.2, -0.15) is 0 Å². The van der Waals surface area contributed by atoms with Crippen LogP contribution >= 0.6 is 21.6 Å². The number of carbonyl (C=O) groups excluding carboxylic acids is 2. The van der Waals surface area contributed by atoms with Crippen molar-refractivity contribution in [3.63, 3.8) is 0 Å². The lowest BCUT2D eigenvalue weighted by molar-refractivity contribution is -0.159. The van der Waals surface area contributed by atoms with Crippen LogP contribution in [0.15, 0.2) is 52.2 Å². The van der Waals surface area contributed by atoms with Gasteiger partial charge in [-0.3, -0.25) is 4.79 Å². The number of hydrogen-bond donors (Lipinski definition) is 1. The molecule has 0 aromatic carbocycles. The Hall–Kier alpha value is -3.00. The van der Waals surface area contributed by atoms with Gasteiger partial charge in [0, 0.05) is 32.1 Å². The van der Waals surface area contributed by atoms with E-state index in [0.29, 0.717) is 37.3 Å². The van der Waals surface area contributed by atoms with Crippen LogP contribution in [0.25, 0.3) is 6.08 Å². The summed E-state index contributed by atoms with van der Waals surface area (Å²) in [5, 5.41) is 9.15. The molecule has 1 aromatic heterocycles. The third kappa shape index (κ3) is 15.2. The van der Waals surface area contributed by atoms with E-state index in [1.807, 2.05) is 45.3 Å². The van der Waals surface area contributed by atoms with Crippen LogP contribution in [0.4, 0.5) is 4.79 Å². The number of aliphatic carboxylic acids is 1. The topological polar surface area (TPSA) is 147 Å². The Morgan fingerprint density at radius 2 is 1.94 bits per heavy atom. The molecule has 2 aliphatic rings. The fourth-order valence-corrected chi connectivity index (χ4v) is 7.57. The van der Waals surface area contributed by atoms with Crippen molar-refractivity contribution in [3.05, 3.63) is 59.4 Å². The zero-order chi connectivity index (χ0) is 38.2. The predicted molar refractivity (Wildman–Crippen MR) is 205 cm³/mol. The second-order valence-electron chi connectivity index (χ2n) is 13.9. The number of aromatic nitrogens is 1. The number of esters is 1. The number of hydrogen-bond acceptors (Lipinski definition) is 12. The van der Waals surface area contributed by atoms with Crippen molar-refractivity contribution < 1.29 is 47.6 Å². The maximum absolute atomic E-state index is 12.7. The minimum absolute atomic E-state index is 0.00534. The molecule has 3 heterocycles. The SMILES string of the molecule is CO[C@@H](/C(C)=C/C=C/C(C)=C/c1coc(C)n1)[C@@H](C)CC[C@H](OC(=O)OCCSSC)C(C)C/C=C/[C@@H](C)[C@H]1C[C@@H](C[C@@H]2O[C@H]2C(=O)O)CC(=O)O1. The van der Waals surface area contributed by atoms with Crippen LogP contribution in [0.5, 0.6) is 0 Å². The summed E-state index contributed by atoms with van der Waals surface area (Å²) in [7, 11) is 4.95. The molecule has 1 unspecified atom stereocenters. The second kappa shape index (κ2) is 22.3. The third-order valence-electron chi connectivity index (χ3n) is 9.47. The van der Waals surface area contributed by atoms with Crippen LogP contribution in [-0.2, 0) is 33.3 Å². The van der Waals surface area contributed by atoms with Gasteiger partial charge in [-0.1, -0.05) is 72.7 Å². The molecule has 13 heteroatoms. The Balaban J connectivity index is 1.58. The number of methoxy groups -OCH3 is 1. The van der Waals surface area contributed by atoms with E-state index in [4.69, 9.17) is 33.2 Å². The summed E-state index contributed by atoms with van der Waals surface area (Å²) < 4.78 is 33.4. The van der Waals surface area contributed by atoms with E-state index in [1.54, 1.807) is 35.0 Å². The summed E-state index contributed by atoms with van der Waals surface area (Å²) in [5.74, 6) is 0.212. The molecular formula is C39H57NO10S2. The van der Waals surface area contributed by atoms with Gasteiger partial charge in [-0.05, 0) is 87.2 Å². The normalized spacial score (nSPS) is 24.0. The lowest BCUT2D eigenvalue weighted by Gasteiger charge is -2.31. The van der Waals surface area contributed by atoms with E-state index in [9.17, 15) is 14.4 Å². The third-order valence-corrected chi connectivity index (χ3v) is 11.2. The Morgan fingerprint density at radius 1 is 1.17 bits per heavy atom. The minimum atomic E-state index is -0.960. The quantitative estimate of drug-likeness (QED) is 0.0300. The first-order chi connectivity index (χ1) is 24.8. The molecule has 2 aliphatic heterocycles. The summed E-state index contributed by atoms with van der Waals surface area (Å²) in [6, 6.07) is 0. The maximum atomic E-state index is 12.7.